The third-order valence-corrected chi connectivity index (χ3v) is 2.37. The summed E-state index contributed by atoms with van der Waals surface area (Å²) in [4.78, 5) is 15.6. The molecular formula is C10H11F3N2O2. The summed E-state index contributed by atoms with van der Waals surface area (Å²) in [5.41, 5.74) is -0.855. The van der Waals surface area contributed by atoms with E-state index in [1.54, 1.807) is 0 Å². The maximum Gasteiger partial charge on any atom is 0.416 e. The van der Waals surface area contributed by atoms with E-state index in [9.17, 15) is 18.0 Å². The fourth-order valence-corrected chi connectivity index (χ4v) is 1.15. The van der Waals surface area contributed by atoms with Crippen LogP contribution in [-0.4, -0.2) is 29.1 Å². The number of carbonyl (C=O) groups is 1. The molecule has 94 valence electrons. The molecule has 1 atom stereocenters. The first-order valence-corrected chi connectivity index (χ1v) is 4.72. The fourth-order valence-electron chi connectivity index (χ4n) is 1.15. The Morgan fingerprint density at radius 1 is 1.53 bits per heavy atom. The number of pyridine rings is 1. The van der Waals surface area contributed by atoms with Crippen LogP contribution in [-0.2, 0) is 11.0 Å². The zero-order valence-electron chi connectivity index (χ0n) is 9.19. The molecule has 0 aromatic carbocycles. The van der Waals surface area contributed by atoms with E-state index in [0.29, 0.717) is 0 Å². The summed E-state index contributed by atoms with van der Waals surface area (Å²) in [6.45, 7) is 1.37. The Kier molecular flexibility index (Phi) is 3.59. The zero-order valence-corrected chi connectivity index (χ0v) is 9.19. The number of rotatable bonds is 3. The fraction of sp³-hybridized carbons (Fsp3) is 0.400. The number of carboxylic acid groups (broad SMARTS) is 1. The molecule has 17 heavy (non-hydrogen) atoms. The number of hydrogen-bond donors (Lipinski definition) is 1. The quantitative estimate of drug-likeness (QED) is 0.889. The Balaban J connectivity index is 3.04. The summed E-state index contributed by atoms with van der Waals surface area (Å²) in [5, 5.41) is 8.75. The molecule has 0 aliphatic carbocycles. The van der Waals surface area contributed by atoms with Crippen LogP contribution in [0.4, 0.5) is 19.0 Å². The molecule has 0 amide bonds. The van der Waals surface area contributed by atoms with Crippen molar-refractivity contribution < 1.29 is 23.1 Å². The highest BCUT2D eigenvalue weighted by Crippen LogP contribution is 2.30. The lowest BCUT2D eigenvalue weighted by atomic mass is 10.2. The second-order valence-corrected chi connectivity index (χ2v) is 3.53. The molecule has 0 aliphatic rings. The zero-order chi connectivity index (χ0) is 13.2. The smallest absolute Gasteiger partial charge is 0.416 e. The van der Waals surface area contributed by atoms with Gasteiger partial charge in [-0.3, -0.25) is 0 Å². The van der Waals surface area contributed by atoms with Crippen LogP contribution in [0.1, 0.15) is 12.5 Å². The van der Waals surface area contributed by atoms with Gasteiger partial charge in [0.1, 0.15) is 11.9 Å². The van der Waals surface area contributed by atoms with Gasteiger partial charge in [-0.1, -0.05) is 0 Å². The molecule has 1 rings (SSSR count). The minimum atomic E-state index is -4.47. The Morgan fingerprint density at radius 3 is 2.59 bits per heavy atom. The minimum absolute atomic E-state index is 0.0327. The van der Waals surface area contributed by atoms with Crippen molar-refractivity contribution >= 4 is 11.8 Å². The van der Waals surface area contributed by atoms with E-state index in [-0.39, 0.29) is 5.82 Å². The number of likely N-dealkylation sites (N-methyl/N-ethyl adjacent to an activating group) is 1. The van der Waals surface area contributed by atoms with E-state index < -0.39 is 23.8 Å². The van der Waals surface area contributed by atoms with E-state index in [4.69, 9.17) is 5.11 Å². The van der Waals surface area contributed by atoms with Crippen LogP contribution in [0.3, 0.4) is 0 Å². The third kappa shape index (κ3) is 3.08. The maximum atomic E-state index is 12.4. The van der Waals surface area contributed by atoms with Crippen LogP contribution in [0, 0.1) is 0 Å². The average molecular weight is 248 g/mol. The summed E-state index contributed by atoms with van der Waals surface area (Å²) < 4.78 is 37.3. The Bertz CT molecular complexity index is 420. The number of carboxylic acids is 1. The van der Waals surface area contributed by atoms with Crippen molar-refractivity contribution in [3.8, 4) is 0 Å². The van der Waals surface area contributed by atoms with Gasteiger partial charge < -0.3 is 10.0 Å². The van der Waals surface area contributed by atoms with Crippen molar-refractivity contribution in [1.29, 1.82) is 0 Å². The second-order valence-electron chi connectivity index (χ2n) is 3.53. The topological polar surface area (TPSA) is 53.4 Å². The molecule has 0 aliphatic heterocycles. The first-order chi connectivity index (χ1) is 7.73. The summed E-state index contributed by atoms with van der Waals surface area (Å²) in [6.07, 6.45) is -3.46. The van der Waals surface area contributed by atoms with Crippen LogP contribution in [0.5, 0.6) is 0 Å². The molecule has 1 heterocycles. The molecule has 0 fully saturated rings. The minimum Gasteiger partial charge on any atom is -0.480 e. The normalized spacial score (nSPS) is 13.2. The van der Waals surface area contributed by atoms with Crippen molar-refractivity contribution in [1.82, 2.24) is 4.98 Å². The Morgan fingerprint density at radius 2 is 2.12 bits per heavy atom. The number of alkyl halides is 3. The molecule has 4 nitrogen and oxygen atoms in total. The second kappa shape index (κ2) is 4.60. The summed E-state index contributed by atoms with van der Waals surface area (Å²) in [6, 6.07) is 0.702. The van der Waals surface area contributed by atoms with Crippen molar-refractivity contribution in [2.45, 2.75) is 19.1 Å². The number of aliphatic carboxylic acids is 1. The number of nitrogens with zero attached hydrogens (tertiary/aromatic N) is 2. The van der Waals surface area contributed by atoms with Gasteiger partial charge in [0.2, 0.25) is 0 Å². The summed E-state index contributed by atoms with van der Waals surface area (Å²) >= 11 is 0. The van der Waals surface area contributed by atoms with Gasteiger partial charge in [-0.25, -0.2) is 9.78 Å². The summed E-state index contributed by atoms with van der Waals surface area (Å²) in [7, 11) is 1.38. The first-order valence-electron chi connectivity index (χ1n) is 4.72. The van der Waals surface area contributed by atoms with Gasteiger partial charge in [-0.05, 0) is 19.1 Å². The molecular weight excluding hydrogens is 237 g/mol. The largest absolute Gasteiger partial charge is 0.480 e. The monoisotopic (exact) mass is 248 g/mol. The highest BCUT2D eigenvalue weighted by molar-refractivity contribution is 5.77. The van der Waals surface area contributed by atoms with Crippen molar-refractivity contribution in [2.75, 3.05) is 11.9 Å². The van der Waals surface area contributed by atoms with Crippen LogP contribution in [0.2, 0.25) is 0 Å². The van der Waals surface area contributed by atoms with Crippen LogP contribution in [0.25, 0.3) is 0 Å². The molecule has 1 aromatic rings. The maximum absolute atomic E-state index is 12.4. The first kappa shape index (κ1) is 13.3. The van der Waals surface area contributed by atoms with Crippen LogP contribution >= 0.6 is 0 Å². The standard InChI is InChI=1S/C10H11F3N2O2/c1-6(9(16)17)15(2)8-5-7(3-4-14-8)10(11,12)13/h3-6H,1-2H3,(H,16,17). The van der Waals surface area contributed by atoms with E-state index in [2.05, 4.69) is 4.98 Å². The van der Waals surface area contributed by atoms with Crippen molar-refractivity contribution in [3.63, 3.8) is 0 Å². The van der Waals surface area contributed by atoms with Gasteiger partial charge >= 0.3 is 12.1 Å². The average Bonchev–Trinajstić information content (AvgIpc) is 2.26. The SMILES string of the molecule is CC(C(=O)O)N(C)c1cc(C(F)(F)F)ccn1. The van der Waals surface area contributed by atoms with Gasteiger partial charge in [0.15, 0.2) is 0 Å². The third-order valence-electron chi connectivity index (χ3n) is 2.37. The lowest BCUT2D eigenvalue weighted by Gasteiger charge is -2.23. The van der Waals surface area contributed by atoms with Crippen LogP contribution in [0.15, 0.2) is 18.3 Å². The number of hydrogen-bond acceptors (Lipinski definition) is 3. The molecule has 1 N–H and O–H groups in total. The van der Waals surface area contributed by atoms with Gasteiger partial charge in [-0.2, -0.15) is 13.2 Å². The Hall–Kier alpha value is -1.79. The number of halogens is 3. The molecule has 0 bridgehead atoms. The van der Waals surface area contributed by atoms with Crippen molar-refractivity contribution in [3.05, 3.63) is 23.9 Å². The van der Waals surface area contributed by atoms with Gasteiger partial charge in [0, 0.05) is 13.2 Å². The highest BCUT2D eigenvalue weighted by Gasteiger charge is 2.31. The van der Waals surface area contributed by atoms with E-state index in [0.717, 1.165) is 23.2 Å². The van der Waals surface area contributed by atoms with Gasteiger partial charge in [-0.15, -0.1) is 0 Å². The molecule has 1 aromatic heterocycles. The number of anilines is 1. The lowest BCUT2D eigenvalue weighted by Crippen LogP contribution is -2.36. The van der Waals surface area contributed by atoms with E-state index in [1.165, 1.54) is 14.0 Å². The number of aromatic nitrogens is 1. The van der Waals surface area contributed by atoms with E-state index in [1.807, 2.05) is 0 Å². The van der Waals surface area contributed by atoms with Gasteiger partial charge in [0.05, 0.1) is 5.56 Å². The Labute approximate surface area is 95.7 Å². The molecule has 1 unspecified atom stereocenters. The molecule has 0 saturated heterocycles. The summed E-state index contributed by atoms with van der Waals surface area (Å²) in [5.74, 6) is -1.17. The highest BCUT2D eigenvalue weighted by atomic mass is 19.4. The molecule has 0 radical (unpaired) electrons. The molecule has 0 saturated carbocycles. The van der Waals surface area contributed by atoms with Gasteiger partial charge in [0.25, 0.3) is 0 Å². The van der Waals surface area contributed by atoms with E-state index >= 15 is 0 Å². The van der Waals surface area contributed by atoms with Crippen LogP contribution < -0.4 is 4.90 Å². The molecule has 7 heteroatoms. The lowest BCUT2D eigenvalue weighted by molar-refractivity contribution is -0.138. The van der Waals surface area contributed by atoms with Crippen molar-refractivity contribution in [2.24, 2.45) is 0 Å². The predicted molar refractivity (Wildman–Crippen MR) is 54.7 cm³/mol. The molecule has 0 spiro atoms. The predicted octanol–water partition coefficient (Wildman–Crippen LogP) is 2.01.